The highest BCUT2D eigenvalue weighted by atomic mass is 15.4. The topological polar surface area (TPSA) is 58.0 Å². The van der Waals surface area contributed by atoms with Crippen molar-refractivity contribution >= 4 is 5.82 Å². The van der Waals surface area contributed by atoms with E-state index in [9.17, 15) is 0 Å². The fourth-order valence-corrected chi connectivity index (χ4v) is 2.77. The van der Waals surface area contributed by atoms with Crippen LogP contribution in [0, 0.1) is 6.92 Å². The van der Waals surface area contributed by atoms with Crippen LogP contribution >= 0.6 is 0 Å². The molecule has 0 bridgehead atoms. The molecule has 0 saturated carbocycles. The summed E-state index contributed by atoms with van der Waals surface area (Å²) in [7, 11) is 2.14. The minimum atomic E-state index is 0.0395. The van der Waals surface area contributed by atoms with E-state index in [0.717, 1.165) is 42.5 Å². The molecule has 3 heterocycles. The first-order valence-corrected chi connectivity index (χ1v) is 8.40. The SMILES string of the molecule is Cc1nccnc1CN(C)C1CN(c2ccc(C(C)(C)C)nn2)C1. The molecule has 0 radical (unpaired) electrons. The van der Waals surface area contributed by atoms with Crippen LogP contribution in [0.25, 0.3) is 0 Å². The Morgan fingerprint density at radius 3 is 2.42 bits per heavy atom. The average molecular weight is 326 g/mol. The van der Waals surface area contributed by atoms with Crippen LogP contribution in [-0.2, 0) is 12.0 Å². The Balaban J connectivity index is 1.56. The Morgan fingerprint density at radius 1 is 1.12 bits per heavy atom. The number of aromatic nitrogens is 4. The molecule has 0 unspecified atom stereocenters. The van der Waals surface area contributed by atoms with Gasteiger partial charge in [-0.3, -0.25) is 14.9 Å². The number of hydrogen-bond donors (Lipinski definition) is 0. The van der Waals surface area contributed by atoms with Crippen molar-refractivity contribution in [2.75, 3.05) is 25.0 Å². The molecule has 0 aliphatic carbocycles. The normalized spacial score (nSPS) is 15.7. The molecule has 6 nitrogen and oxygen atoms in total. The van der Waals surface area contributed by atoms with E-state index in [0.29, 0.717) is 6.04 Å². The van der Waals surface area contributed by atoms with Crippen molar-refractivity contribution in [1.82, 2.24) is 25.1 Å². The standard InChI is InChI=1S/C18H26N6/c1-13-15(20-9-8-19-13)12-23(5)14-10-24(11-14)17-7-6-16(21-22-17)18(2,3)4/h6-9,14H,10-12H2,1-5H3. The van der Waals surface area contributed by atoms with Gasteiger partial charge in [0.25, 0.3) is 0 Å². The van der Waals surface area contributed by atoms with Crippen molar-refractivity contribution in [2.24, 2.45) is 0 Å². The van der Waals surface area contributed by atoms with E-state index in [1.54, 1.807) is 12.4 Å². The lowest BCUT2D eigenvalue weighted by molar-refractivity contribution is 0.194. The van der Waals surface area contributed by atoms with Crippen LogP contribution in [0.4, 0.5) is 5.82 Å². The number of nitrogens with zero attached hydrogens (tertiary/aromatic N) is 6. The van der Waals surface area contributed by atoms with Gasteiger partial charge < -0.3 is 4.90 Å². The molecule has 6 heteroatoms. The van der Waals surface area contributed by atoms with Gasteiger partial charge >= 0.3 is 0 Å². The predicted molar refractivity (Wildman–Crippen MR) is 95.0 cm³/mol. The molecule has 0 atom stereocenters. The molecule has 2 aromatic rings. The van der Waals surface area contributed by atoms with Crippen LogP contribution < -0.4 is 4.90 Å². The number of rotatable bonds is 4. The Bertz CT molecular complexity index is 685. The summed E-state index contributed by atoms with van der Waals surface area (Å²) >= 11 is 0. The lowest BCUT2D eigenvalue weighted by atomic mass is 9.92. The summed E-state index contributed by atoms with van der Waals surface area (Å²) < 4.78 is 0. The Kier molecular flexibility index (Phi) is 4.49. The molecule has 2 aromatic heterocycles. The van der Waals surface area contributed by atoms with E-state index in [-0.39, 0.29) is 5.41 Å². The fourth-order valence-electron chi connectivity index (χ4n) is 2.77. The molecule has 1 aliphatic rings. The molecule has 1 fully saturated rings. The van der Waals surface area contributed by atoms with Crippen molar-refractivity contribution < 1.29 is 0 Å². The number of likely N-dealkylation sites (N-methyl/N-ethyl adjacent to an activating group) is 1. The summed E-state index contributed by atoms with van der Waals surface area (Å²) in [5.41, 5.74) is 3.12. The molecular formula is C18H26N6. The zero-order valence-electron chi connectivity index (χ0n) is 15.2. The summed E-state index contributed by atoms with van der Waals surface area (Å²) in [4.78, 5) is 13.3. The third-order valence-corrected chi connectivity index (χ3v) is 4.61. The van der Waals surface area contributed by atoms with E-state index in [1.807, 2.05) is 6.92 Å². The van der Waals surface area contributed by atoms with Gasteiger partial charge in [0.1, 0.15) is 0 Å². The third-order valence-electron chi connectivity index (χ3n) is 4.61. The van der Waals surface area contributed by atoms with E-state index in [1.165, 1.54) is 0 Å². The Morgan fingerprint density at radius 2 is 1.83 bits per heavy atom. The van der Waals surface area contributed by atoms with Crippen LogP contribution in [0.2, 0.25) is 0 Å². The van der Waals surface area contributed by atoms with Crippen LogP contribution in [0.1, 0.15) is 37.9 Å². The molecule has 0 N–H and O–H groups in total. The summed E-state index contributed by atoms with van der Waals surface area (Å²) in [6, 6.07) is 4.68. The maximum atomic E-state index is 4.43. The third kappa shape index (κ3) is 3.53. The fraction of sp³-hybridized carbons (Fsp3) is 0.556. The molecular weight excluding hydrogens is 300 g/mol. The summed E-state index contributed by atoms with van der Waals surface area (Å²) in [5.74, 6) is 0.961. The highest BCUT2D eigenvalue weighted by molar-refractivity contribution is 5.42. The molecule has 3 rings (SSSR count). The van der Waals surface area contributed by atoms with Crippen molar-refractivity contribution in [3.05, 3.63) is 41.6 Å². The molecule has 0 aromatic carbocycles. The van der Waals surface area contributed by atoms with Gasteiger partial charge in [-0.2, -0.15) is 5.10 Å². The minimum absolute atomic E-state index is 0.0395. The first-order chi connectivity index (χ1) is 11.3. The molecule has 0 spiro atoms. The van der Waals surface area contributed by atoms with Crippen molar-refractivity contribution in [3.8, 4) is 0 Å². The number of hydrogen-bond acceptors (Lipinski definition) is 6. The van der Waals surface area contributed by atoms with Gasteiger partial charge in [0.2, 0.25) is 0 Å². The molecule has 1 aliphatic heterocycles. The largest absolute Gasteiger partial charge is 0.352 e. The van der Waals surface area contributed by atoms with Gasteiger partial charge in [0.05, 0.1) is 17.1 Å². The second-order valence-electron chi connectivity index (χ2n) is 7.59. The van der Waals surface area contributed by atoms with Gasteiger partial charge in [0, 0.05) is 43.5 Å². The van der Waals surface area contributed by atoms with E-state index >= 15 is 0 Å². The molecule has 24 heavy (non-hydrogen) atoms. The average Bonchev–Trinajstić information content (AvgIpc) is 2.48. The van der Waals surface area contributed by atoms with Gasteiger partial charge in [-0.1, -0.05) is 20.8 Å². The van der Waals surface area contributed by atoms with E-state index < -0.39 is 0 Å². The van der Waals surface area contributed by atoms with Crippen LogP contribution in [-0.4, -0.2) is 51.2 Å². The van der Waals surface area contributed by atoms with Gasteiger partial charge in [0.15, 0.2) is 5.82 Å². The zero-order valence-corrected chi connectivity index (χ0v) is 15.2. The number of anilines is 1. The summed E-state index contributed by atoms with van der Waals surface area (Å²) in [5, 5.41) is 8.77. The molecule has 128 valence electrons. The highest BCUT2D eigenvalue weighted by Gasteiger charge is 2.31. The highest BCUT2D eigenvalue weighted by Crippen LogP contribution is 2.24. The van der Waals surface area contributed by atoms with Crippen LogP contribution in [0.5, 0.6) is 0 Å². The smallest absolute Gasteiger partial charge is 0.151 e. The second kappa shape index (κ2) is 6.43. The number of aryl methyl sites for hydroxylation is 1. The second-order valence-corrected chi connectivity index (χ2v) is 7.59. The quantitative estimate of drug-likeness (QED) is 0.858. The Labute approximate surface area is 143 Å². The lowest BCUT2D eigenvalue weighted by Gasteiger charge is -2.44. The van der Waals surface area contributed by atoms with Gasteiger partial charge in [-0.05, 0) is 26.1 Å². The van der Waals surface area contributed by atoms with Gasteiger partial charge in [-0.25, -0.2) is 0 Å². The molecule has 0 amide bonds. The monoisotopic (exact) mass is 326 g/mol. The zero-order chi connectivity index (χ0) is 17.3. The minimum Gasteiger partial charge on any atom is -0.352 e. The maximum absolute atomic E-state index is 4.43. The van der Waals surface area contributed by atoms with Crippen molar-refractivity contribution in [1.29, 1.82) is 0 Å². The van der Waals surface area contributed by atoms with Crippen LogP contribution in [0.15, 0.2) is 24.5 Å². The first-order valence-electron chi connectivity index (χ1n) is 8.40. The lowest BCUT2D eigenvalue weighted by Crippen LogP contribution is -2.58. The maximum Gasteiger partial charge on any atom is 0.151 e. The van der Waals surface area contributed by atoms with Gasteiger partial charge in [-0.15, -0.1) is 5.10 Å². The molecule has 1 saturated heterocycles. The Hall–Kier alpha value is -2.08. The van der Waals surface area contributed by atoms with E-state index in [2.05, 4.69) is 69.9 Å². The summed E-state index contributed by atoms with van der Waals surface area (Å²) in [6.45, 7) is 11.2. The van der Waals surface area contributed by atoms with Crippen molar-refractivity contribution in [3.63, 3.8) is 0 Å². The van der Waals surface area contributed by atoms with Crippen molar-refractivity contribution in [2.45, 2.75) is 45.7 Å². The van der Waals surface area contributed by atoms with Crippen LogP contribution in [0.3, 0.4) is 0 Å². The predicted octanol–water partition coefficient (Wildman–Crippen LogP) is 2.19. The van der Waals surface area contributed by atoms with E-state index in [4.69, 9.17) is 0 Å². The first kappa shape index (κ1) is 16.8. The summed E-state index contributed by atoms with van der Waals surface area (Å²) in [6.07, 6.45) is 3.50.